The Morgan fingerprint density at radius 3 is 2.33 bits per heavy atom. The second kappa shape index (κ2) is 5.77. The zero-order valence-corrected chi connectivity index (χ0v) is 11.6. The van der Waals surface area contributed by atoms with Gasteiger partial charge in [0.25, 0.3) is 0 Å². The summed E-state index contributed by atoms with van der Waals surface area (Å²) in [6, 6.07) is 8.56. The number of hydrogen-bond donors (Lipinski definition) is 0. The van der Waals surface area contributed by atoms with Crippen LogP contribution in [0.15, 0.2) is 42.5 Å². The summed E-state index contributed by atoms with van der Waals surface area (Å²) in [5, 5.41) is 0.218. The molecule has 0 amide bonds. The summed E-state index contributed by atoms with van der Waals surface area (Å²) in [5.41, 5.74) is -0.723. The van der Waals surface area contributed by atoms with E-state index in [0.29, 0.717) is 5.75 Å². The van der Waals surface area contributed by atoms with Crippen LogP contribution in [0.2, 0.25) is 5.02 Å². The van der Waals surface area contributed by atoms with Gasteiger partial charge in [0.1, 0.15) is 5.75 Å². The third-order valence-corrected chi connectivity index (χ3v) is 3.16. The van der Waals surface area contributed by atoms with Crippen LogP contribution >= 0.6 is 11.6 Å². The highest BCUT2D eigenvalue weighted by Crippen LogP contribution is 2.31. The van der Waals surface area contributed by atoms with E-state index < -0.39 is 17.5 Å². The lowest BCUT2D eigenvalue weighted by Gasteiger charge is -2.09. The molecule has 6 heteroatoms. The van der Waals surface area contributed by atoms with E-state index in [9.17, 15) is 18.0 Å². The van der Waals surface area contributed by atoms with Crippen molar-refractivity contribution in [2.75, 3.05) is 7.11 Å². The van der Waals surface area contributed by atoms with Crippen molar-refractivity contribution >= 4 is 17.4 Å². The first-order valence-electron chi connectivity index (χ1n) is 5.88. The summed E-state index contributed by atoms with van der Waals surface area (Å²) in [6.07, 6.45) is -4.49. The lowest BCUT2D eigenvalue weighted by Crippen LogP contribution is -2.08. The summed E-state index contributed by atoms with van der Waals surface area (Å²) in [6.45, 7) is 0. The van der Waals surface area contributed by atoms with E-state index in [0.717, 1.165) is 12.1 Å². The molecule has 0 N–H and O–H groups in total. The summed E-state index contributed by atoms with van der Waals surface area (Å²) >= 11 is 5.91. The van der Waals surface area contributed by atoms with Crippen molar-refractivity contribution in [3.63, 3.8) is 0 Å². The maximum absolute atomic E-state index is 12.6. The normalized spacial score (nSPS) is 11.3. The number of carbonyl (C=O) groups is 1. The quantitative estimate of drug-likeness (QED) is 0.774. The van der Waals surface area contributed by atoms with Crippen LogP contribution in [0.25, 0.3) is 0 Å². The van der Waals surface area contributed by atoms with Gasteiger partial charge in [-0.2, -0.15) is 13.2 Å². The standard InChI is InChI=1S/C15H10ClF3O2/c1-21-13-6-5-10(8-12(13)16)14(20)9-3-2-4-11(7-9)15(17,18)19/h2-8H,1H3. The van der Waals surface area contributed by atoms with Gasteiger partial charge in [-0.1, -0.05) is 23.7 Å². The van der Waals surface area contributed by atoms with E-state index in [1.54, 1.807) is 0 Å². The highest BCUT2D eigenvalue weighted by Gasteiger charge is 2.31. The minimum atomic E-state index is -4.49. The van der Waals surface area contributed by atoms with E-state index in [4.69, 9.17) is 16.3 Å². The summed E-state index contributed by atoms with van der Waals surface area (Å²) in [5.74, 6) is -0.150. The third kappa shape index (κ3) is 3.36. The van der Waals surface area contributed by atoms with Crippen molar-refractivity contribution in [2.24, 2.45) is 0 Å². The topological polar surface area (TPSA) is 26.3 Å². The number of halogens is 4. The first kappa shape index (κ1) is 15.4. The van der Waals surface area contributed by atoms with Gasteiger partial charge in [-0.05, 0) is 30.3 Å². The Labute approximate surface area is 124 Å². The first-order valence-corrected chi connectivity index (χ1v) is 6.26. The predicted octanol–water partition coefficient (Wildman–Crippen LogP) is 4.60. The van der Waals surface area contributed by atoms with Crippen molar-refractivity contribution in [2.45, 2.75) is 6.18 Å². The van der Waals surface area contributed by atoms with Gasteiger partial charge in [-0.3, -0.25) is 4.79 Å². The van der Waals surface area contributed by atoms with Crippen LogP contribution in [0, 0.1) is 0 Å². The molecule has 0 heterocycles. The molecule has 21 heavy (non-hydrogen) atoms. The molecule has 0 aliphatic carbocycles. The summed E-state index contributed by atoms with van der Waals surface area (Å²) < 4.78 is 42.9. The first-order chi connectivity index (χ1) is 9.82. The monoisotopic (exact) mass is 314 g/mol. The molecule has 0 saturated carbocycles. The Hall–Kier alpha value is -2.01. The van der Waals surface area contributed by atoms with Crippen molar-refractivity contribution in [1.29, 1.82) is 0 Å². The molecule has 0 spiro atoms. The molecule has 0 atom stereocenters. The molecule has 110 valence electrons. The minimum Gasteiger partial charge on any atom is -0.495 e. The van der Waals surface area contributed by atoms with Gasteiger partial charge in [0.2, 0.25) is 0 Å². The molecule has 2 aromatic rings. The van der Waals surface area contributed by atoms with Gasteiger partial charge < -0.3 is 4.74 Å². The molecule has 0 fully saturated rings. The van der Waals surface area contributed by atoms with Crippen molar-refractivity contribution in [3.8, 4) is 5.75 Å². The maximum Gasteiger partial charge on any atom is 0.416 e. The molecule has 0 unspecified atom stereocenters. The Kier molecular flexibility index (Phi) is 4.23. The lowest BCUT2D eigenvalue weighted by molar-refractivity contribution is -0.137. The molecule has 0 saturated heterocycles. The van der Waals surface area contributed by atoms with Gasteiger partial charge in [0.05, 0.1) is 17.7 Å². The van der Waals surface area contributed by atoms with E-state index in [-0.39, 0.29) is 16.1 Å². The fourth-order valence-corrected chi connectivity index (χ4v) is 2.07. The lowest BCUT2D eigenvalue weighted by atomic mass is 10.0. The zero-order chi connectivity index (χ0) is 15.6. The number of alkyl halides is 3. The molecular formula is C15H10ClF3O2. The maximum atomic E-state index is 12.6. The van der Waals surface area contributed by atoms with Gasteiger partial charge in [-0.15, -0.1) is 0 Å². The van der Waals surface area contributed by atoms with Crippen LogP contribution in [-0.2, 0) is 6.18 Å². The minimum absolute atomic E-state index is 0.0499. The number of methoxy groups -OCH3 is 1. The number of ether oxygens (including phenoxy) is 1. The van der Waals surface area contributed by atoms with Crippen LogP contribution in [0.5, 0.6) is 5.75 Å². The molecular weight excluding hydrogens is 305 g/mol. The molecule has 2 rings (SSSR count). The largest absolute Gasteiger partial charge is 0.495 e. The molecule has 0 aliphatic rings. The van der Waals surface area contributed by atoms with Crippen LogP contribution in [0.4, 0.5) is 13.2 Å². The van der Waals surface area contributed by atoms with Crippen molar-refractivity contribution in [3.05, 3.63) is 64.2 Å². The van der Waals surface area contributed by atoms with E-state index in [2.05, 4.69) is 0 Å². The molecule has 2 aromatic carbocycles. The SMILES string of the molecule is COc1ccc(C(=O)c2cccc(C(F)(F)F)c2)cc1Cl. The number of benzene rings is 2. The Morgan fingerprint density at radius 1 is 1.10 bits per heavy atom. The van der Waals surface area contributed by atoms with E-state index in [1.807, 2.05) is 0 Å². The number of carbonyl (C=O) groups excluding carboxylic acids is 1. The average Bonchev–Trinajstić information content (AvgIpc) is 2.45. The number of hydrogen-bond acceptors (Lipinski definition) is 2. The van der Waals surface area contributed by atoms with Gasteiger partial charge in [0, 0.05) is 11.1 Å². The Bertz CT molecular complexity index is 681. The van der Waals surface area contributed by atoms with E-state index >= 15 is 0 Å². The van der Waals surface area contributed by atoms with E-state index in [1.165, 1.54) is 37.4 Å². The number of rotatable bonds is 3. The summed E-state index contributed by atoms with van der Waals surface area (Å²) in [4.78, 5) is 12.2. The van der Waals surface area contributed by atoms with Crippen LogP contribution < -0.4 is 4.74 Å². The molecule has 2 nitrogen and oxygen atoms in total. The Morgan fingerprint density at radius 2 is 1.76 bits per heavy atom. The zero-order valence-electron chi connectivity index (χ0n) is 10.9. The van der Waals surface area contributed by atoms with Crippen molar-refractivity contribution < 1.29 is 22.7 Å². The van der Waals surface area contributed by atoms with Gasteiger partial charge in [-0.25, -0.2) is 0 Å². The van der Waals surface area contributed by atoms with Crippen molar-refractivity contribution in [1.82, 2.24) is 0 Å². The second-order valence-electron chi connectivity index (χ2n) is 4.26. The molecule has 0 bridgehead atoms. The van der Waals surface area contributed by atoms with Crippen LogP contribution in [0.1, 0.15) is 21.5 Å². The summed E-state index contributed by atoms with van der Waals surface area (Å²) in [7, 11) is 1.43. The fraction of sp³-hybridized carbons (Fsp3) is 0.133. The van der Waals surface area contributed by atoms with Crippen LogP contribution in [-0.4, -0.2) is 12.9 Å². The fourth-order valence-electron chi connectivity index (χ4n) is 1.81. The second-order valence-corrected chi connectivity index (χ2v) is 4.66. The van der Waals surface area contributed by atoms with Gasteiger partial charge >= 0.3 is 6.18 Å². The number of ketones is 1. The molecule has 0 radical (unpaired) electrons. The highest BCUT2D eigenvalue weighted by atomic mass is 35.5. The molecule has 0 aromatic heterocycles. The predicted molar refractivity (Wildman–Crippen MR) is 72.9 cm³/mol. The average molecular weight is 315 g/mol. The van der Waals surface area contributed by atoms with Crippen LogP contribution in [0.3, 0.4) is 0 Å². The smallest absolute Gasteiger partial charge is 0.416 e. The highest BCUT2D eigenvalue weighted by molar-refractivity contribution is 6.32. The third-order valence-electron chi connectivity index (χ3n) is 2.87. The molecule has 0 aliphatic heterocycles. The van der Waals surface area contributed by atoms with Gasteiger partial charge in [0.15, 0.2) is 5.78 Å². The Balaban J connectivity index is 2.38.